The summed E-state index contributed by atoms with van der Waals surface area (Å²) in [7, 11) is 0. The predicted octanol–water partition coefficient (Wildman–Crippen LogP) is 3.12. The fourth-order valence-electron chi connectivity index (χ4n) is 3.04. The van der Waals surface area contributed by atoms with Crippen LogP contribution in [0.3, 0.4) is 0 Å². The summed E-state index contributed by atoms with van der Waals surface area (Å²) in [5, 5.41) is 0. The summed E-state index contributed by atoms with van der Waals surface area (Å²) in [5.74, 6) is 0.407. The van der Waals surface area contributed by atoms with E-state index in [1.807, 2.05) is 28.0 Å². The van der Waals surface area contributed by atoms with Crippen LogP contribution in [0.25, 0.3) is 0 Å². The van der Waals surface area contributed by atoms with Gasteiger partial charge in [-0.15, -0.1) is 0 Å². The van der Waals surface area contributed by atoms with Gasteiger partial charge in [-0.1, -0.05) is 51.1 Å². The van der Waals surface area contributed by atoms with Crippen molar-refractivity contribution in [2.75, 3.05) is 26.2 Å². The molecule has 0 bridgehead atoms. The molecule has 2 rings (SSSR count). The largest absolute Gasteiger partial charge is 0.341 e. The Morgan fingerprint density at radius 2 is 1.50 bits per heavy atom. The van der Waals surface area contributed by atoms with Crippen LogP contribution in [0.2, 0.25) is 0 Å². The molecule has 1 aromatic rings. The van der Waals surface area contributed by atoms with E-state index in [9.17, 15) is 9.59 Å². The molecule has 0 aliphatic carbocycles. The van der Waals surface area contributed by atoms with Gasteiger partial charge in [0.05, 0.1) is 0 Å². The SMILES string of the molecule is CC(C)(C)CC(=O)N1CCCN(C(=O)CCc2ccccc2)CC1. The summed E-state index contributed by atoms with van der Waals surface area (Å²) >= 11 is 0. The molecule has 0 radical (unpaired) electrons. The van der Waals surface area contributed by atoms with Crippen molar-refractivity contribution in [2.45, 2.75) is 46.5 Å². The monoisotopic (exact) mass is 330 g/mol. The number of carbonyl (C=O) groups excluding carboxylic acids is 2. The van der Waals surface area contributed by atoms with Crippen molar-refractivity contribution in [2.24, 2.45) is 5.41 Å². The Labute approximate surface area is 145 Å². The zero-order valence-corrected chi connectivity index (χ0v) is 15.3. The van der Waals surface area contributed by atoms with Gasteiger partial charge in [0, 0.05) is 39.0 Å². The minimum absolute atomic E-state index is 0.00851. The molecule has 1 aromatic carbocycles. The smallest absolute Gasteiger partial charge is 0.223 e. The number of aryl methyl sites for hydroxylation is 1. The lowest BCUT2D eigenvalue weighted by atomic mass is 9.91. The van der Waals surface area contributed by atoms with Gasteiger partial charge in [0.2, 0.25) is 11.8 Å². The van der Waals surface area contributed by atoms with Gasteiger partial charge in [-0.05, 0) is 23.8 Å². The lowest BCUT2D eigenvalue weighted by molar-refractivity contribution is -0.134. The van der Waals surface area contributed by atoms with Crippen molar-refractivity contribution in [3.05, 3.63) is 35.9 Å². The van der Waals surface area contributed by atoms with E-state index in [0.717, 1.165) is 25.9 Å². The molecule has 4 heteroatoms. The molecule has 1 fully saturated rings. The van der Waals surface area contributed by atoms with E-state index in [0.29, 0.717) is 25.9 Å². The second-order valence-corrected chi connectivity index (χ2v) is 7.84. The molecule has 0 unspecified atom stereocenters. The first kappa shape index (κ1) is 18.5. The van der Waals surface area contributed by atoms with Crippen LogP contribution in [0, 0.1) is 5.41 Å². The van der Waals surface area contributed by atoms with Gasteiger partial charge in [0.15, 0.2) is 0 Å². The Bertz CT molecular complexity index is 549. The molecule has 0 N–H and O–H groups in total. The van der Waals surface area contributed by atoms with Crippen LogP contribution in [-0.4, -0.2) is 47.8 Å². The van der Waals surface area contributed by atoms with Gasteiger partial charge < -0.3 is 9.80 Å². The van der Waals surface area contributed by atoms with Crippen molar-refractivity contribution >= 4 is 11.8 Å². The van der Waals surface area contributed by atoms with Gasteiger partial charge in [0.25, 0.3) is 0 Å². The van der Waals surface area contributed by atoms with E-state index < -0.39 is 0 Å². The number of nitrogens with zero attached hydrogens (tertiary/aromatic N) is 2. The molecule has 132 valence electrons. The van der Waals surface area contributed by atoms with Crippen molar-refractivity contribution in [1.29, 1.82) is 0 Å². The van der Waals surface area contributed by atoms with E-state index >= 15 is 0 Å². The van der Waals surface area contributed by atoms with Crippen LogP contribution >= 0.6 is 0 Å². The first-order chi connectivity index (χ1) is 11.3. The minimum Gasteiger partial charge on any atom is -0.341 e. The Hall–Kier alpha value is -1.84. The van der Waals surface area contributed by atoms with Gasteiger partial charge >= 0.3 is 0 Å². The van der Waals surface area contributed by atoms with Crippen molar-refractivity contribution in [3.63, 3.8) is 0 Å². The molecular formula is C20H30N2O2. The zero-order valence-electron chi connectivity index (χ0n) is 15.3. The molecule has 0 saturated carbocycles. The molecule has 2 amide bonds. The summed E-state index contributed by atoms with van der Waals surface area (Å²) in [6.07, 6.45) is 2.75. The lowest BCUT2D eigenvalue weighted by Gasteiger charge is -2.25. The van der Waals surface area contributed by atoms with Crippen molar-refractivity contribution in [1.82, 2.24) is 9.80 Å². The molecule has 0 atom stereocenters. The van der Waals surface area contributed by atoms with Crippen LogP contribution in [0.5, 0.6) is 0 Å². The van der Waals surface area contributed by atoms with E-state index in [-0.39, 0.29) is 17.2 Å². The second-order valence-electron chi connectivity index (χ2n) is 7.84. The minimum atomic E-state index is 0.00851. The van der Waals surface area contributed by atoms with Crippen LogP contribution < -0.4 is 0 Å². The van der Waals surface area contributed by atoms with E-state index in [2.05, 4.69) is 32.9 Å². The van der Waals surface area contributed by atoms with Crippen molar-refractivity contribution in [3.8, 4) is 0 Å². The molecule has 1 aliphatic heterocycles. The normalized spacial score (nSPS) is 16.0. The number of carbonyl (C=O) groups is 2. The van der Waals surface area contributed by atoms with Crippen LogP contribution in [0.15, 0.2) is 30.3 Å². The molecule has 1 saturated heterocycles. The first-order valence-electron chi connectivity index (χ1n) is 8.95. The zero-order chi connectivity index (χ0) is 17.6. The average molecular weight is 330 g/mol. The number of amides is 2. The molecule has 24 heavy (non-hydrogen) atoms. The third-order valence-electron chi connectivity index (χ3n) is 4.35. The highest BCUT2D eigenvalue weighted by Crippen LogP contribution is 2.20. The van der Waals surface area contributed by atoms with E-state index in [1.54, 1.807) is 0 Å². The molecule has 1 aliphatic rings. The lowest BCUT2D eigenvalue weighted by Crippen LogP contribution is -2.38. The third kappa shape index (κ3) is 5.99. The molecule has 4 nitrogen and oxygen atoms in total. The number of hydrogen-bond donors (Lipinski definition) is 0. The average Bonchev–Trinajstić information content (AvgIpc) is 2.78. The summed E-state index contributed by atoms with van der Waals surface area (Å²) in [4.78, 5) is 28.7. The number of rotatable bonds is 4. The topological polar surface area (TPSA) is 40.6 Å². The summed E-state index contributed by atoms with van der Waals surface area (Å²) in [6.45, 7) is 9.09. The van der Waals surface area contributed by atoms with Gasteiger partial charge in [-0.25, -0.2) is 0 Å². The highest BCUT2D eigenvalue weighted by Gasteiger charge is 2.24. The van der Waals surface area contributed by atoms with Crippen molar-refractivity contribution < 1.29 is 9.59 Å². The summed E-state index contributed by atoms with van der Waals surface area (Å²) in [5.41, 5.74) is 1.21. The quantitative estimate of drug-likeness (QED) is 0.851. The van der Waals surface area contributed by atoms with E-state index in [1.165, 1.54) is 5.56 Å². The van der Waals surface area contributed by atoms with Gasteiger partial charge in [-0.3, -0.25) is 9.59 Å². The third-order valence-corrected chi connectivity index (χ3v) is 4.35. The highest BCUT2D eigenvalue weighted by atomic mass is 16.2. The Balaban J connectivity index is 1.81. The maximum Gasteiger partial charge on any atom is 0.223 e. The van der Waals surface area contributed by atoms with Crippen LogP contribution in [-0.2, 0) is 16.0 Å². The fourth-order valence-corrected chi connectivity index (χ4v) is 3.04. The molecule has 0 aromatic heterocycles. The molecule has 1 heterocycles. The number of hydrogen-bond acceptors (Lipinski definition) is 2. The summed E-state index contributed by atoms with van der Waals surface area (Å²) in [6, 6.07) is 10.1. The standard InChI is InChI=1S/C20H30N2O2/c1-20(2,3)16-19(24)22-13-7-12-21(14-15-22)18(23)11-10-17-8-5-4-6-9-17/h4-6,8-9H,7,10-16H2,1-3H3. The molecule has 0 spiro atoms. The Morgan fingerprint density at radius 1 is 0.917 bits per heavy atom. The fraction of sp³-hybridized carbons (Fsp3) is 0.600. The highest BCUT2D eigenvalue weighted by molar-refractivity contribution is 5.78. The van der Waals surface area contributed by atoms with Crippen LogP contribution in [0.4, 0.5) is 0 Å². The number of benzene rings is 1. The predicted molar refractivity (Wildman–Crippen MR) is 96.6 cm³/mol. The Morgan fingerprint density at radius 3 is 2.08 bits per heavy atom. The maximum absolute atomic E-state index is 12.5. The summed E-state index contributed by atoms with van der Waals surface area (Å²) < 4.78 is 0. The first-order valence-corrected chi connectivity index (χ1v) is 8.95. The second kappa shape index (κ2) is 8.32. The van der Waals surface area contributed by atoms with Gasteiger partial charge in [0.1, 0.15) is 0 Å². The van der Waals surface area contributed by atoms with E-state index in [4.69, 9.17) is 0 Å². The molecular weight excluding hydrogens is 300 g/mol. The Kier molecular flexibility index (Phi) is 6.41. The van der Waals surface area contributed by atoms with Crippen LogP contribution in [0.1, 0.15) is 45.6 Å². The maximum atomic E-state index is 12.5. The van der Waals surface area contributed by atoms with Gasteiger partial charge in [-0.2, -0.15) is 0 Å².